The Labute approximate surface area is 102 Å². The van der Waals surface area contributed by atoms with Crippen LogP contribution in [0.15, 0.2) is 0 Å². The van der Waals surface area contributed by atoms with Crippen LogP contribution in [0.2, 0.25) is 0 Å². The molecule has 17 heavy (non-hydrogen) atoms. The van der Waals surface area contributed by atoms with Crippen molar-refractivity contribution in [1.29, 1.82) is 0 Å². The molecule has 0 bridgehead atoms. The average molecular weight is 239 g/mol. The summed E-state index contributed by atoms with van der Waals surface area (Å²) in [4.78, 5) is 12.2. The van der Waals surface area contributed by atoms with Crippen LogP contribution in [0.1, 0.15) is 32.1 Å². The van der Waals surface area contributed by atoms with Crippen molar-refractivity contribution in [3.8, 4) is 0 Å². The number of aliphatic hydroxyl groups is 1. The molecule has 96 valence electrons. The van der Waals surface area contributed by atoms with Crippen LogP contribution >= 0.6 is 0 Å². The third kappa shape index (κ3) is 1.97. The van der Waals surface area contributed by atoms with Crippen LogP contribution in [-0.2, 0) is 9.53 Å². The third-order valence-corrected chi connectivity index (χ3v) is 4.75. The van der Waals surface area contributed by atoms with E-state index in [0.29, 0.717) is 25.0 Å². The summed E-state index contributed by atoms with van der Waals surface area (Å²) in [5.41, 5.74) is -0.497. The molecule has 0 radical (unpaired) electrons. The van der Waals surface area contributed by atoms with Crippen molar-refractivity contribution in [2.75, 3.05) is 19.8 Å². The first-order valence-electron chi connectivity index (χ1n) is 6.76. The van der Waals surface area contributed by atoms with Gasteiger partial charge in [0.05, 0.1) is 18.8 Å². The quantitative estimate of drug-likeness (QED) is 0.762. The second-order valence-electron chi connectivity index (χ2n) is 5.87. The molecule has 3 fully saturated rings. The highest BCUT2D eigenvalue weighted by atomic mass is 16.5. The average Bonchev–Trinajstić information content (AvgIpc) is 2.92. The van der Waals surface area contributed by atoms with E-state index >= 15 is 0 Å². The SMILES string of the molecule is O=C(NC1(CO)CCOC1)C1C2CCCCC21. The Morgan fingerprint density at radius 3 is 2.59 bits per heavy atom. The van der Waals surface area contributed by atoms with Gasteiger partial charge in [-0.1, -0.05) is 12.8 Å². The molecule has 4 nitrogen and oxygen atoms in total. The minimum Gasteiger partial charge on any atom is -0.394 e. The van der Waals surface area contributed by atoms with Crippen LogP contribution < -0.4 is 5.32 Å². The van der Waals surface area contributed by atoms with Crippen molar-refractivity contribution in [3.63, 3.8) is 0 Å². The number of nitrogens with one attached hydrogen (secondary N) is 1. The summed E-state index contributed by atoms with van der Waals surface area (Å²) in [6.07, 6.45) is 5.71. The lowest BCUT2D eigenvalue weighted by atomic mass is 9.99. The summed E-state index contributed by atoms with van der Waals surface area (Å²) in [5.74, 6) is 1.63. The molecular formula is C13H21NO3. The molecule has 1 amide bonds. The van der Waals surface area contributed by atoms with Crippen molar-refractivity contribution in [2.24, 2.45) is 17.8 Å². The van der Waals surface area contributed by atoms with E-state index in [2.05, 4.69) is 5.32 Å². The minimum absolute atomic E-state index is 0.0131. The fraction of sp³-hybridized carbons (Fsp3) is 0.923. The van der Waals surface area contributed by atoms with E-state index in [4.69, 9.17) is 4.74 Å². The maximum atomic E-state index is 12.2. The molecule has 1 heterocycles. The Morgan fingerprint density at radius 2 is 2.06 bits per heavy atom. The highest BCUT2D eigenvalue weighted by molar-refractivity contribution is 5.83. The number of carbonyl (C=O) groups excluding carboxylic acids is 1. The number of fused-ring (bicyclic) bond motifs is 1. The summed E-state index contributed by atoms with van der Waals surface area (Å²) >= 11 is 0. The van der Waals surface area contributed by atoms with Crippen molar-refractivity contribution >= 4 is 5.91 Å². The van der Waals surface area contributed by atoms with Gasteiger partial charge in [-0.15, -0.1) is 0 Å². The number of ether oxygens (including phenoxy) is 1. The molecule has 1 aliphatic heterocycles. The smallest absolute Gasteiger partial charge is 0.224 e. The van der Waals surface area contributed by atoms with Gasteiger partial charge < -0.3 is 15.2 Å². The second-order valence-corrected chi connectivity index (χ2v) is 5.87. The number of amides is 1. The van der Waals surface area contributed by atoms with Gasteiger partial charge in [0, 0.05) is 12.5 Å². The van der Waals surface area contributed by atoms with E-state index < -0.39 is 5.54 Å². The topological polar surface area (TPSA) is 58.6 Å². The number of hydrogen-bond acceptors (Lipinski definition) is 3. The van der Waals surface area contributed by atoms with Gasteiger partial charge in [-0.25, -0.2) is 0 Å². The first-order valence-corrected chi connectivity index (χ1v) is 6.76. The summed E-state index contributed by atoms with van der Waals surface area (Å²) in [5, 5.41) is 12.5. The van der Waals surface area contributed by atoms with Crippen LogP contribution in [0.4, 0.5) is 0 Å². The van der Waals surface area contributed by atoms with E-state index in [1.54, 1.807) is 0 Å². The Morgan fingerprint density at radius 1 is 1.35 bits per heavy atom. The Bertz CT molecular complexity index is 300. The summed E-state index contributed by atoms with van der Waals surface area (Å²) in [6.45, 7) is 1.08. The molecule has 3 aliphatic rings. The molecular weight excluding hydrogens is 218 g/mol. The van der Waals surface area contributed by atoms with Crippen molar-refractivity contribution in [3.05, 3.63) is 0 Å². The second kappa shape index (κ2) is 4.25. The molecule has 0 aromatic rings. The van der Waals surface area contributed by atoms with Crippen molar-refractivity contribution in [2.45, 2.75) is 37.6 Å². The number of carbonyl (C=O) groups is 1. The third-order valence-electron chi connectivity index (χ3n) is 4.75. The first-order chi connectivity index (χ1) is 8.26. The predicted octanol–water partition coefficient (Wildman–Crippen LogP) is 0.690. The van der Waals surface area contributed by atoms with Gasteiger partial charge in [-0.3, -0.25) is 4.79 Å². The molecule has 4 heteroatoms. The van der Waals surface area contributed by atoms with Gasteiger partial charge in [0.25, 0.3) is 0 Å². The van der Waals surface area contributed by atoms with Crippen LogP contribution in [0.25, 0.3) is 0 Å². The largest absolute Gasteiger partial charge is 0.394 e. The molecule has 2 N–H and O–H groups in total. The minimum atomic E-state index is -0.497. The van der Waals surface area contributed by atoms with Crippen LogP contribution in [0.5, 0.6) is 0 Å². The van der Waals surface area contributed by atoms with Crippen LogP contribution in [0, 0.1) is 17.8 Å². The normalized spacial score (nSPS) is 44.2. The molecule has 3 unspecified atom stereocenters. The van der Waals surface area contributed by atoms with Gasteiger partial charge in [0.1, 0.15) is 0 Å². The Hall–Kier alpha value is -0.610. The highest BCUT2D eigenvalue weighted by Crippen LogP contribution is 2.55. The van der Waals surface area contributed by atoms with Crippen LogP contribution in [0.3, 0.4) is 0 Å². The lowest BCUT2D eigenvalue weighted by Gasteiger charge is -2.26. The molecule has 2 aliphatic carbocycles. The van der Waals surface area contributed by atoms with E-state index in [1.165, 1.54) is 25.7 Å². The van der Waals surface area contributed by atoms with E-state index in [1.807, 2.05) is 0 Å². The molecule has 0 aromatic heterocycles. The lowest BCUT2D eigenvalue weighted by molar-refractivity contribution is -0.125. The van der Waals surface area contributed by atoms with Gasteiger partial charge in [-0.05, 0) is 31.1 Å². The fourth-order valence-corrected chi connectivity index (χ4v) is 3.60. The highest BCUT2D eigenvalue weighted by Gasteiger charge is 2.55. The van der Waals surface area contributed by atoms with Gasteiger partial charge in [0.2, 0.25) is 5.91 Å². The Balaban J connectivity index is 1.60. The van der Waals surface area contributed by atoms with E-state index in [-0.39, 0.29) is 18.4 Å². The first kappa shape index (κ1) is 11.5. The number of rotatable bonds is 3. The van der Waals surface area contributed by atoms with Gasteiger partial charge in [-0.2, -0.15) is 0 Å². The maximum Gasteiger partial charge on any atom is 0.224 e. The van der Waals surface area contributed by atoms with E-state index in [0.717, 1.165) is 6.42 Å². The van der Waals surface area contributed by atoms with Crippen LogP contribution in [-0.4, -0.2) is 36.4 Å². The number of aliphatic hydroxyl groups excluding tert-OH is 1. The molecule has 2 saturated carbocycles. The molecule has 1 saturated heterocycles. The predicted molar refractivity (Wildman–Crippen MR) is 62.3 cm³/mol. The summed E-state index contributed by atoms with van der Waals surface area (Å²) in [6, 6.07) is 0. The van der Waals surface area contributed by atoms with Crippen molar-refractivity contribution < 1.29 is 14.6 Å². The van der Waals surface area contributed by atoms with Gasteiger partial charge in [0.15, 0.2) is 0 Å². The summed E-state index contributed by atoms with van der Waals surface area (Å²) < 4.78 is 5.30. The zero-order valence-electron chi connectivity index (χ0n) is 10.2. The molecule has 0 spiro atoms. The molecule has 3 rings (SSSR count). The zero-order valence-corrected chi connectivity index (χ0v) is 10.2. The van der Waals surface area contributed by atoms with E-state index in [9.17, 15) is 9.90 Å². The fourth-order valence-electron chi connectivity index (χ4n) is 3.60. The monoisotopic (exact) mass is 239 g/mol. The van der Waals surface area contributed by atoms with Crippen molar-refractivity contribution in [1.82, 2.24) is 5.32 Å². The summed E-state index contributed by atoms with van der Waals surface area (Å²) in [7, 11) is 0. The maximum absolute atomic E-state index is 12.2. The molecule has 3 atom stereocenters. The molecule has 0 aromatic carbocycles. The standard InChI is InChI=1S/C13H21NO3/c15-7-13(5-6-17-8-13)14-12(16)11-9-3-1-2-4-10(9)11/h9-11,15H,1-8H2,(H,14,16). The lowest BCUT2D eigenvalue weighted by Crippen LogP contribution is -2.52. The number of hydrogen-bond donors (Lipinski definition) is 2. The zero-order chi connectivity index (χ0) is 11.9. The Kier molecular flexibility index (Phi) is 2.87. The van der Waals surface area contributed by atoms with Gasteiger partial charge >= 0.3 is 0 Å².